The van der Waals surface area contributed by atoms with Crippen LogP contribution in [0.3, 0.4) is 0 Å². The van der Waals surface area contributed by atoms with Crippen LogP contribution in [0, 0.1) is 5.92 Å². The summed E-state index contributed by atoms with van der Waals surface area (Å²) in [5, 5.41) is 7.22. The lowest BCUT2D eigenvalue weighted by Crippen LogP contribution is -2.48. The number of hydrogen-bond acceptors (Lipinski definition) is 4. The molecule has 1 amide bonds. The van der Waals surface area contributed by atoms with E-state index in [4.69, 9.17) is 4.74 Å². The Kier molecular flexibility index (Phi) is 7.84. The molecule has 1 saturated heterocycles. The molecule has 1 aromatic carbocycles. The molecule has 2 aliphatic heterocycles. The van der Waals surface area contributed by atoms with Gasteiger partial charge in [0.1, 0.15) is 12.3 Å². The van der Waals surface area contributed by atoms with Gasteiger partial charge in [-0.2, -0.15) is 0 Å². The highest BCUT2D eigenvalue weighted by Gasteiger charge is 2.38. The van der Waals surface area contributed by atoms with E-state index in [2.05, 4.69) is 33.5 Å². The molecule has 0 radical (unpaired) electrons. The van der Waals surface area contributed by atoms with Crippen molar-refractivity contribution in [3.8, 4) is 5.75 Å². The fraction of sp³-hybridized carbons (Fsp3) is 0.636. The minimum Gasteiger partial charge on any atom is -0.493 e. The van der Waals surface area contributed by atoms with Crippen molar-refractivity contribution in [2.24, 2.45) is 10.9 Å². The van der Waals surface area contributed by atoms with Crippen LogP contribution in [0.2, 0.25) is 0 Å². The van der Waals surface area contributed by atoms with E-state index < -0.39 is 0 Å². The highest BCUT2D eigenvalue weighted by molar-refractivity contribution is 14.0. The third-order valence-corrected chi connectivity index (χ3v) is 6.17. The molecule has 4 rings (SSSR count). The molecule has 30 heavy (non-hydrogen) atoms. The fourth-order valence-electron chi connectivity index (χ4n) is 4.18. The van der Waals surface area contributed by atoms with Gasteiger partial charge in [-0.15, -0.1) is 24.0 Å². The maximum atomic E-state index is 12.1. The Morgan fingerprint density at radius 2 is 1.97 bits per heavy atom. The van der Waals surface area contributed by atoms with E-state index in [1.165, 1.54) is 12.8 Å². The number of fused-ring (bicyclic) bond motifs is 1. The van der Waals surface area contributed by atoms with Gasteiger partial charge >= 0.3 is 0 Å². The number of aliphatic imine (C=N–C) groups is 1. The predicted molar refractivity (Wildman–Crippen MR) is 130 cm³/mol. The summed E-state index contributed by atoms with van der Waals surface area (Å²) in [5.41, 5.74) is 1.14. The summed E-state index contributed by atoms with van der Waals surface area (Å²) < 4.78 is 5.80. The quantitative estimate of drug-likeness (QED) is 0.350. The van der Waals surface area contributed by atoms with Gasteiger partial charge in [-0.25, -0.2) is 4.99 Å². The van der Waals surface area contributed by atoms with Crippen LogP contribution in [-0.4, -0.2) is 74.1 Å². The maximum Gasteiger partial charge on any atom is 0.243 e. The molecule has 166 valence electrons. The molecule has 0 bridgehead atoms. The number of likely N-dealkylation sites (N-methyl/N-ethyl adjacent to an activating group) is 1. The van der Waals surface area contributed by atoms with Crippen molar-refractivity contribution in [2.75, 3.05) is 40.3 Å². The third kappa shape index (κ3) is 5.57. The number of rotatable bonds is 5. The summed E-state index contributed by atoms with van der Waals surface area (Å²) in [6.45, 7) is 5.28. The second-order valence-corrected chi connectivity index (χ2v) is 8.74. The normalized spacial score (nSPS) is 26.2. The first-order valence-electron chi connectivity index (χ1n) is 10.7. The molecule has 2 N–H and O–H groups in total. The lowest BCUT2D eigenvalue weighted by molar-refractivity contribution is -0.127. The zero-order chi connectivity index (χ0) is 20.4. The van der Waals surface area contributed by atoms with Crippen LogP contribution in [0.15, 0.2) is 29.3 Å². The third-order valence-electron chi connectivity index (χ3n) is 6.17. The molecule has 0 spiro atoms. The average molecular weight is 527 g/mol. The van der Waals surface area contributed by atoms with E-state index in [0.29, 0.717) is 18.6 Å². The number of carbonyl (C=O) groups is 1. The summed E-state index contributed by atoms with van der Waals surface area (Å²) >= 11 is 0. The molecule has 1 saturated carbocycles. The molecular weight excluding hydrogens is 493 g/mol. The summed E-state index contributed by atoms with van der Waals surface area (Å²) in [6, 6.07) is 9.38. The van der Waals surface area contributed by atoms with Gasteiger partial charge in [0.05, 0.1) is 12.6 Å². The van der Waals surface area contributed by atoms with E-state index in [0.717, 1.165) is 42.8 Å². The summed E-state index contributed by atoms with van der Waals surface area (Å²) in [4.78, 5) is 20.9. The Balaban J connectivity index is 0.00000256. The first-order chi connectivity index (χ1) is 14.0. The zero-order valence-corrected chi connectivity index (χ0v) is 20.5. The number of nitrogens with zero attached hydrogens (tertiary/aromatic N) is 3. The van der Waals surface area contributed by atoms with Crippen molar-refractivity contribution in [3.05, 3.63) is 29.8 Å². The molecule has 3 unspecified atom stereocenters. The van der Waals surface area contributed by atoms with Gasteiger partial charge in [-0.05, 0) is 24.8 Å². The summed E-state index contributed by atoms with van der Waals surface area (Å²) in [7, 11) is 3.53. The van der Waals surface area contributed by atoms with Crippen LogP contribution in [0.1, 0.15) is 37.8 Å². The number of carbonyl (C=O) groups excluding carboxylic acids is 1. The monoisotopic (exact) mass is 527 g/mol. The van der Waals surface area contributed by atoms with Gasteiger partial charge in [0.2, 0.25) is 5.91 Å². The number of nitrogens with one attached hydrogen (secondary N) is 2. The minimum absolute atomic E-state index is 0. The largest absolute Gasteiger partial charge is 0.493 e. The minimum atomic E-state index is -0.00226. The molecule has 3 atom stereocenters. The Bertz CT molecular complexity index is 768. The molecule has 1 aromatic rings. The number of halogens is 1. The maximum absolute atomic E-state index is 12.1. The van der Waals surface area contributed by atoms with Crippen molar-refractivity contribution >= 4 is 35.8 Å². The average Bonchev–Trinajstić information content (AvgIpc) is 3.50. The molecule has 0 aromatic heterocycles. The van der Waals surface area contributed by atoms with Crippen LogP contribution in [0.25, 0.3) is 0 Å². The van der Waals surface area contributed by atoms with Crippen LogP contribution < -0.4 is 15.4 Å². The van der Waals surface area contributed by atoms with E-state index in [1.807, 2.05) is 18.2 Å². The second kappa shape index (κ2) is 10.2. The van der Waals surface area contributed by atoms with Gasteiger partial charge in [0.25, 0.3) is 0 Å². The van der Waals surface area contributed by atoms with Crippen molar-refractivity contribution in [2.45, 2.75) is 44.3 Å². The highest BCUT2D eigenvalue weighted by atomic mass is 127. The standard InChI is InChI=1S/C22H33N5O2.HI/c1-15-13-27(16-8-9-16)14-19(15)25-22(23-12-21(28)26(2)3)24-18-10-11-29-20-7-5-4-6-17(18)20;/h4-7,15-16,18-19H,8-14H2,1-3H3,(H2,23,24,25);1H. The van der Waals surface area contributed by atoms with Gasteiger partial charge in [0.15, 0.2) is 5.96 Å². The molecule has 2 heterocycles. The van der Waals surface area contributed by atoms with E-state index in [-0.39, 0.29) is 42.5 Å². The van der Waals surface area contributed by atoms with Gasteiger partial charge in [0, 0.05) is 51.3 Å². The number of hydrogen-bond donors (Lipinski definition) is 2. The van der Waals surface area contributed by atoms with Crippen molar-refractivity contribution in [1.82, 2.24) is 20.4 Å². The molecule has 2 fully saturated rings. The lowest BCUT2D eigenvalue weighted by atomic mass is 10.0. The molecule has 1 aliphatic carbocycles. The first kappa shape index (κ1) is 23.1. The Morgan fingerprint density at radius 3 is 2.70 bits per heavy atom. The number of ether oxygens (including phenoxy) is 1. The van der Waals surface area contributed by atoms with Gasteiger partial charge < -0.3 is 20.3 Å². The number of likely N-dealkylation sites (tertiary alicyclic amines) is 1. The van der Waals surface area contributed by atoms with Gasteiger partial charge in [-0.3, -0.25) is 9.69 Å². The topological polar surface area (TPSA) is 69.2 Å². The van der Waals surface area contributed by atoms with Crippen LogP contribution >= 0.6 is 24.0 Å². The SMILES string of the molecule is CC1CN(C2CC2)CC1NC(=NCC(=O)N(C)C)NC1CCOc2ccccc21.I. The van der Waals surface area contributed by atoms with E-state index in [1.54, 1.807) is 19.0 Å². The predicted octanol–water partition coefficient (Wildman–Crippen LogP) is 2.23. The molecule has 8 heteroatoms. The second-order valence-electron chi connectivity index (χ2n) is 8.74. The van der Waals surface area contributed by atoms with Crippen molar-refractivity contribution in [1.29, 1.82) is 0 Å². The highest BCUT2D eigenvalue weighted by Crippen LogP contribution is 2.33. The number of benzene rings is 1. The summed E-state index contributed by atoms with van der Waals surface area (Å²) in [5.74, 6) is 2.19. The van der Waals surface area contributed by atoms with E-state index >= 15 is 0 Å². The zero-order valence-electron chi connectivity index (χ0n) is 18.1. The Morgan fingerprint density at radius 1 is 1.20 bits per heavy atom. The molecular formula is C22H34IN5O2. The number of para-hydroxylation sites is 1. The summed E-state index contributed by atoms with van der Waals surface area (Å²) in [6.07, 6.45) is 3.53. The van der Waals surface area contributed by atoms with Crippen molar-refractivity contribution < 1.29 is 9.53 Å². The van der Waals surface area contributed by atoms with E-state index in [9.17, 15) is 4.79 Å². The number of amides is 1. The van der Waals surface area contributed by atoms with Gasteiger partial charge in [-0.1, -0.05) is 25.1 Å². The van der Waals surface area contributed by atoms with Crippen LogP contribution in [-0.2, 0) is 4.79 Å². The van der Waals surface area contributed by atoms with Crippen LogP contribution in [0.4, 0.5) is 0 Å². The number of guanidine groups is 1. The lowest BCUT2D eigenvalue weighted by Gasteiger charge is -2.29. The molecule has 7 nitrogen and oxygen atoms in total. The van der Waals surface area contributed by atoms with Crippen LogP contribution in [0.5, 0.6) is 5.75 Å². The molecule has 3 aliphatic rings. The first-order valence-corrected chi connectivity index (χ1v) is 10.7. The fourth-order valence-corrected chi connectivity index (χ4v) is 4.18. The smallest absolute Gasteiger partial charge is 0.243 e. The van der Waals surface area contributed by atoms with Crippen molar-refractivity contribution in [3.63, 3.8) is 0 Å². The Hall–Kier alpha value is -1.55. The Labute approximate surface area is 196 Å².